The van der Waals surface area contributed by atoms with Gasteiger partial charge in [0.15, 0.2) is 0 Å². The number of likely N-dealkylation sites (tertiary alicyclic amines) is 1. The van der Waals surface area contributed by atoms with Crippen LogP contribution < -0.4 is 0 Å². The smallest absolute Gasteiger partial charge is 0.253 e. The van der Waals surface area contributed by atoms with E-state index < -0.39 is 0 Å². The minimum absolute atomic E-state index is 0.0651. The summed E-state index contributed by atoms with van der Waals surface area (Å²) in [7, 11) is 0. The number of hydrogen-bond acceptors (Lipinski definition) is 4. The van der Waals surface area contributed by atoms with Gasteiger partial charge in [-0.15, -0.1) is 0 Å². The van der Waals surface area contributed by atoms with Crippen molar-refractivity contribution >= 4 is 11.8 Å². The molecule has 1 atom stereocenters. The zero-order valence-electron chi connectivity index (χ0n) is 17.7. The predicted molar refractivity (Wildman–Crippen MR) is 115 cm³/mol. The summed E-state index contributed by atoms with van der Waals surface area (Å²) in [6.07, 6.45) is 7.14. The van der Waals surface area contributed by atoms with E-state index in [-0.39, 0.29) is 17.9 Å². The Hall–Kier alpha value is -2.67. The summed E-state index contributed by atoms with van der Waals surface area (Å²) in [6, 6.07) is 9.57. The number of benzene rings is 1. The number of hydrogen-bond donors (Lipinski definition) is 0. The van der Waals surface area contributed by atoms with E-state index in [2.05, 4.69) is 10.00 Å². The van der Waals surface area contributed by atoms with Gasteiger partial charge in [0.1, 0.15) is 0 Å². The monoisotopic (exact) mass is 409 g/mol. The Kier molecular flexibility index (Phi) is 6.47. The molecule has 7 nitrogen and oxygen atoms in total. The third kappa shape index (κ3) is 4.73. The van der Waals surface area contributed by atoms with E-state index >= 15 is 0 Å². The number of carbonyl (C=O) groups is 2. The van der Waals surface area contributed by atoms with Crippen molar-refractivity contribution in [1.29, 1.82) is 0 Å². The summed E-state index contributed by atoms with van der Waals surface area (Å²) in [5.74, 6) is 0.303. The van der Waals surface area contributed by atoms with Crippen molar-refractivity contribution in [3.05, 3.63) is 53.9 Å². The summed E-state index contributed by atoms with van der Waals surface area (Å²) in [4.78, 5) is 31.8. The van der Waals surface area contributed by atoms with Gasteiger partial charge in [0.05, 0.1) is 12.6 Å². The summed E-state index contributed by atoms with van der Waals surface area (Å²) >= 11 is 0. The van der Waals surface area contributed by atoms with Gasteiger partial charge in [-0.2, -0.15) is 5.10 Å². The molecule has 1 aromatic heterocycles. The Morgan fingerprint density at radius 1 is 0.933 bits per heavy atom. The zero-order chi connectivity index (χ0) is 20.9. The molecule has 0 bridgehead atoms. The maximum absolute atomic E-state index is 12.9. The molecule has 2 aliphatic heterocycles. The Morgan fingerprint density at radius 2 is 1.63 bits per heavy atom. The van der Waals surface area contributed by atoms with Crippen LogP contribution in [0.2, 0.25) is 0 Å². The molecular formula is C23H31N5O2. The Balaban J connectivity index is 1.29. The average molecular weight is 410 g/mol. The fourth-order valence-electron chi connectivity index (χ4n) is 4.36. The maximum atomic E-state index is 12.9. The molecule has 2 aromatic rings. The van der Waals surface area contributed by atoms with Gasteiger partial charge in [-0.25, -0.2) is 0 Å². The van der Waals surface area contributed by atoms with Gasteiger partial charge in [0, 0.05) is 57.2 Å². The van der Waals surface area contributed by atoms with E-state index in [0.29, 0.717) is 25.2 Å². The van der Waals surface area contributed by atoms with E-state index in [9.17, 15) is 9.59 Å². The standard InChI is InChI=1S/C23H31N5O2/c1-19(22(29)26-11-3-2-4-12-26)25-14-16-27(17-15-25)23(30)21-8-6-20(7-9-21)18-28-13-5-10-24-28/h5-10,13,19H,2-4,11-12,14-18H2,1H3. The predicted octanol–water partition coefficient (Wildman–Crippen LogP) is 2.09. The minimum atomic E-state index is -0.109. The number of carbonyl (C=O) groups excluding carboxylic acids is 2. The molecule has 0 saturated carbocycles. The van der Waals surface area contributed by atoms with Crippen molar-refractivity contribution in [2.75, 3.05) is 39.3 Å². The van der Waals surface area contributed by atoms with Crippen LogP contribution >= 0.6 is 0 Å². The number of amides is 2. The molecule has 1 aromatic carbocycles. The molecule has 7 heteroatoms. The first-order valence-corrected chi connectivity index (χ1v) is 11.0. The Morgan fingerprint density at radius 3 is 2.27 bits per heavy atom. The van der Waals surface area contributed by atoms with E-state index in [4.69, 9.17) is 0 Å². The second kappa shape index (κ2) is 9.43. The first kappa shape index (κ1) is 20.6. The lowest BCUT2D eigenvalue weighted by Gasteiger charge is -2.39. The summed E-state index contributed by atoms with van der Waals surface area (Å²) in [5, 5.41) is 4.22. The van der Waals surface area contributed by atoms with Crippen LogP contribution in [0.15, 0.2) is 42.7 Å². The fourth-order valence-corrected chi connectivity index (χ4v) is 4.36. The largest absolute Gasteiger partial charge is 0.341 e. The third-order valence-electron chi connectivity index (χ3n) is 6.28. The van der Waals surface area contributed by atoms with Gasteiger partial charge in [0.25, 0.3) is 5.91 Å². The van der Waals surface area contributed by atoms with Crippen LogP contribution in [0, 0.1) is 0 Å². The lowest BCUT2D eigenvalue weighted by Crippen LogP contribution is -2.56. The Labute approximate surface area is 178 Å². The van der Waals surface area contributed by atoms with Crippen LogP contribution in [0.5, 0.6) is 0 Å². The maximum Gasteiger partial charge on any atom is 0.253 e. The number of piperazine rings is 1. The lowest BCUT2D eigenvalue weighted by atomic mass is 10.1. The van der Waals surface area contributed by atoms with Gasteiger partial charge in [-0.1, -0.05) is 12.1 Å². The molecule has 0 N–H and O–H groups in total. The molecule has 0 aliphatic carbocycles. The summed E-state index contributed by atoms with van der Waals surface area (Å²) in [6.45, 7) is 7.27. The minimum Gasteiger partial charge on any atom is -0.341 e. The quantitative estimate of drug-likeness (QED) is 0.759. The first-order chi connectivity index (χ1) is 14.6. The number of aromatic nitrogens is 2. The molecule has 4 rings (SSSR count). The van der Waals surface area contributed by atoms with Crippen molar-refractivity contribution in [3.8, 4) is 0 Å². The van der Waals surface area contributed by atoms with Gasteiger partial charge in [-0.05, 0) is 49.9 Å². The SMILES string of the molecule is CC(C(=O)N1CCCCC1)N1CCN(C(=O)c2ccc(Cn3cccn3)cc2)CC1. The van der Waals surface area contributed by atoms with E-state index in [0.717, 1.165) is 44.6 Å². The molecule has 3 heterocycles. The van der Waals surface area contributed by atoms with Crippen molar-refractivity contribution in [1.82, 2.24) is 24.5 Å². The first-order valence-electron chi connectivity index (χ1n) is 11.0. The second-order valence-electron chi connectivity index (χ2n) is 8.29. The van der Waals surface area contributed by atoms with Crippen LogP contribution in [-0.2, 0) is 11.3 Å². The molecule has 1 unspecified atom stereocenters. The second-order valence-corrected chi connectivity index (χ2v) is 8.29. The highest BCUT2D eigenvalue weighted by atomic mass is 16.2. The molecule has 0 spiro atoms. The third-order valence-corrected chi connectivity index (χ3v) is 6.28. The summed E-state index contributed by atoms with van der Waals surface area (Å²) < 4.78 is 1.86. The van der Waals surface area contributed by atoms with E-state index in [1.165, 1.54) is 6.42 Å². The number of piperidine rings is 1. The number of rotatable bonds is 5. The number of nitrogens with zero attached hydrogens (tertiary/aromatic N) is 5. The normalized spacial score (nSPS) is 19.0. The Bertz CT molecular complexity index is 835. The van der Waals surface area contributed by atoms with Crippen LogP contribution in [0.25, 0.3) is 0 Å². The van der Waals surface area contributed by atoms with E-state index in [1.807, 2.05) is 57.9 Å². The molecule has 2 saturated heterocycles. The molecule has 0 radical (unpaired) electrons. The van der Waals surface area contributed by atoms with Crippen LogP contribution in [-0.4, -0.2) is 81.6 Å². The molecule has 30 heavy (non-hydrogen) atoms. The topological polar surface area (TPSA) is 61.7 Å². The van der Waals surface area contributed by atoms with E-state index in [1.54, 1.807) is 6.20 Å². The van der Waals surface area contributed by atoms with Gasteiger partial charge < -0.3 is 9.80 Å². The molecule has 2 aliphatic rings. The molecule has 2 fully saturated rings. The zero-order valence-corrected chi connectivity index (χ0v) is 17.7. The van der Waals surface area contributed by atoms with Crippen molar-refractivity contribution < 1.29 is 9.59 Å². The van der Waals surface area contributed by atoms with Gasteiger partial charge in [-0.3, -0.25) is 19.2 Å². The van der Waals surface area contributed by atoms with Crippen molar-refractivity contribution in [2.45, 2.75) is 38.8 Å². The van der Waals surface area contributed by atoms with Crippen LogP contribution in [0.3, 0.4) is 0 Å². The van der Waals surface area contributed by atoms with Crippen molar-refractivity contribution in [3.63, 3.8) is 0 Å². The average Bonchev–Trinajstić information content (AvgIpc) is 3.32. The summed E-state index contributed by atoms with van der Waals surface area (Å²) in [5.41, 5.74) is 1.83. The van der Waals surface area contributed by atoms with Gasteiger partial charge in [0.2, 0.25) is 5.91 Å². The molecule has 160 valence electrons. The van der Waals surface area contributed by atoms with Crippen LogP contribution in [0.1, 0.15) is 42.1 Å². The highest BCUT2D eigenvalue weighted by Crippen LogP contribution is 2.16. The van der Waals surface area contributed by atoms with Crippen molar-refractivity contribution in [2.24, 2.45) is 0 Å². The van der Waals surface area contributed by atoms with Crippen LogP contribution in [0.4, 0.5) is 0 Å². The lowest BCUT2D eigenvalue weighted by molar-refractivity contribution is -0.137. The molecule has 2 amide bonds. The fraction of sp³-hybridized carbons (Fsp3) is 0.522. The van der Waals surface area contributed by atoms with Gasteiger partial charge >= 0.3 is 0 Å². The molecular weight excluding hydrogens is 378 g/mol. The highest BCUT2D eigenvalue weighted by Gasteiger charge is 2.30. The highest BCUT2D eigenvalue weighted by molar-refractivity contribution is 5.94.